The zero-order valence-electron chi connectivity index (χ0n) is 83.9. The van der Waals surface area contributed by atoms with Gasteiger partial charge in [0.1, 0.15) is 91.9 Å². The number of aromatic nitrogens is 14. The SMILES string of the molecule is CC(C)(C)OC(=O)n1cc(I)c2cc(Br)cnc21.CC(N)=O.COc1ccc(CN(C(=O)OC(C)(C)C)c2ccc(C(O)c3cn(C(=O)OC(C)(C)C)c4ncc(Br)cc34)c(F)n2)cc1.COc1ccc(CN(C(=O)OC(C)(C)C)c2ccc(C=O)c(F)n2)cc1.COc1ncc(F)cc1C=O.COc1ncc(F)cc1CNc1ccc(Cc2c[nH]c3ncc(Br)cc23)c(F)n1.Nc1ccc(Cc2c[nH]c3ncc(Br)cc23)c(F)n1. The number of fused-ring (bicyclic) bond motifs is 4. The molecule has 0 spiro atoms. The van der Waals surface area contributed by atoms with Crippen molar-refractivity contribution >= 4 is 197 Å². The number of aliphatic hydroxyl groups excluding tert-OH is 1. The van der Waals surface area contributed by atoms with Gasteiger partial charge in [-0.3, -0.25) is 24.2 Å². The summed E-state index contributed by atoms with van der Waals surface area (Å²) >= 11 is 15.7. The number of nitrogen functional groups attached to an aromatic ring is 1. The van der Waals surface area contributed by atoms with Crippen molar-refractivity contribution in [3.63, 3.8) is 0 Å². The van der Waals surface area contributed by atoms with Crippen LogP contribution in [0, 0.1) is 39.0 Å². The number of anilines is 4. The second kappa shape index (κ2) is 52.5. The number of H-pyrrole nitrogens is 2. The predicted molar refractivity (Wildman–Crippen MR) is 575 cm³/mol. The summed E-state index contributed by atoms with van der Waals surface area (Å²) in [6, 6.07) is 36.1. The number of benzene rings is 2. The van der Waals surface area contributed by atoms with Crippen molar-refractivity contribution in [2.45, 2.75) is 151 Å². The van der Waals surface area contributed by atoms with Gasteiger partial charge in [-0.2, -0.15) is 17.6 Å². The first-order valence-corrected chi connectivity index (χ1v) is 49.3. The highest BCUT2D eigenvalue weighted by molar-refractivity contribution is 14.1. The normalized spacial score (nSPS) is 11.3. The van der Waals surface area contributed by atoms with Crippen LogP contribution in [-0.2, 0) is 56.2 Å². The highest BCUT2D eigenvalue weighted by atomic mass is 127. The molecule has 3 amide bonds. The smallest absolute Gasteiger partial charge is 0.420 e. The molecule has 14 aromatic heterocycles. The average Bonchev–Trinajstić information content (AvgIpc) is 1.58. The first-order chi connectivity index (χ1) is 70.7. The number of ether oxygens (including phenoxy) is 8. The Bertz CT molecular complexity index is 7510. The van der Waals surface area contributed by atoms with Gasteiger partial charge in [-0.15, -0.1) is 0 Å². The average molecular weight is 2440 g/mol. The molecule has 1 atom stereocenters. The number of carbonyl (C=O) groups excluding carboxylic acids is 7. The molecule has 0 bridgehead atoms. The number of pyridine rings is 10. The Morgan fingerprint density at radius 3 is 1.32 bits per heavy atom. The Morgan fingerprint density at radius 2 is 0.880 bits per heavy atom. The fraction of sp³-hybridized carbons (Fsp3) is 0.260. The third-order valence-corrected chi connectivity index (χ3v) is 22.7. The van der Waals surface area contributed by atoms with Crippen molar-refractivity contribution in [3.8, 4) is 23.3 Å². The van der Waals surface area contributed by atoms with E-state index in [-0.39, 0.29) is 76.8 Å². The van der Waals surface area contributed by atoms with Gasteiger partial charge in [0, 0.05) is 147 Å². The summed E-state index contributed by atoms with van der Waals surface area (Å²) in [6.45, 7) is 22.8. The number of nitrogens with one attached hydrogen (secondary N) is 3. The topological polar surface area (TPSA) is 454 Å². The zero-order valence-corrected chi connectivity index (χ0v) is 92.4. The van der Waals surface area contributed by atoms with Crippen LogP contribution < -0.4 is 45.5 Å². The number of aromatic amines is 2. The summed E-state index contributed by atoms with van der Waals surface area (Å²) in [6.07, 6.45) is 13.1. The van der Waals surface area contributed by atoms with Crippen LogP contribution in [0.3, 0.4) is 0 Å². The molecule has 46 heteroatoms. The lowest BCUT2D eigenvalue weighted by Gasteiger charge is -2.27. The number of halogens is 11. The number of methoxy groups -OCH3 is 4. The Kier molecular flexibility index (Phi) is 41.1. The Hall–Kier alpha value is -14.6. The molecule has 16 aromatic rings. The van der Waals surface area contributed by atoms with Crippen LogP contribution in [0.1, 0.15) is 167 Å². The van der Waals surface area contributed by atoms with E-state index in [0.717, 1.165) is 85.2 Å². The molecule has 1 unspecified atom stereocenters. The van der Waals surface area contributed by atoms with Crippen LogP contribution in [0.4, 0.5) is 68.8 Å². The summed E-state index contributed by atoms with van der Waals surface area (Å²) in [5.74, 6) is -2.09. The lowest BCUT2D eigenvalue weighted by molar-refractivity contribution is -0.116. The maximum absolute atomic E-state index is 15.7. The molecule has 14 heterocycles. The molecule has 788 valence electrons. The quantitative estimate of drug-likeness (QED) is 0.0128. The Balaban J connectivity index is 0.000000190. The molecule has 8 N–H and O–H groups in total. The largest absolute Gasteiger partial charge is 0.497 e. The van der Waals surface area contributed by atoms with Crippen LogP contribution in [0.5, 0.6) is 23.3 Å². The van der Waals surface area contributed by atoms with Gasteiger partial charge in [-0.25, -0.2) is 86.9 Å². The molecule has 0 aliphatic rings. The van der Waals surface area contributed by atoms with Crippen molar-refractivity contribution in [2.24, 2.45) is 5.73 Å². The van der Waals surface area contributed by atoms with Gasteiger partial charge in [0.15, 0.2) is 18.2 Å². The minimum absolute atomic E-state index is 0.0147. The monoisotopic (exact) mass is 2430 g/mol. The molecule has 150 heavy (non-hydrogen) atoms. The van der Waals surface area contributed by atoms with Gasteiger partial charge < -0.3 is 69.8 Å². The molecular formula is C104H104Br4F6IN19O16. The van der Waals surface area contributed by atoms with E-state index < -0.39 is 88.3 Å². The van der Waals surface area contributed by atoms with E-state index >= 15 is 4.39 Å². The fourth-order valence-corrected chi connectivity index (χ4v) is 15.6. The molecule has 0 radical (unpaired) electrons. The first-order valence-electron chi connectivity index (χ1n) is 45.1. The van der Waals surface area contributed by atoms with Gasteiger partial charge in [0.2, 0.25) is 41.5 Å². The molecule has 0 saturated heterocycles. The second-order valence-electron chi connectivity index (χ2n) is 36.3. The summed E-state index contributed by atoms with van der Waals surface area (Å²) in [5, 5.41) is 17.5. The molecule has 35 nitrogen and oxygen atoms in total. The highest BCUT2D eigenvalue weighted by Crippen LogP contribution is 2.37. The third kappa shape index (κ3) is 34.0. The van der Waals surface area contributed by atoms with Crippen LogP contribution in [0.2, 0.25) is 0 Å². The maximum Gasteiger partial charge on any atom is 0.420 e. The van der Waals surface area contributed by atoms with Gasteiger partial charge in [0.25, 0.3) is 0 Å². The van der Waals surface area contributed by atoms with Crippen molar-refractivity contribution in [3.05, 3.63) is 314 Å². The number of hydrogen-bond acceptors (Lipinski definition) is 28. The van der Waals surface area contributed by atoms with Crippen LogP contribution in [0.15, 0.2) is 213 Å². The van der Waals surface area contributed by atoms with E-state index in [1.54, 1.807) is 180 Å². The molecule has 2 aromatic carbocycles. The van der Waals surface area contributed by atoms with E-state index in [1.807, 2.05) is 51.4 Å². The molecule has 0 aliphatic carbocycles. The number of aldehydes is 2. The lowest BCUT2D eigenvalue weighted by atomic mass is 10.0. The maximum atomic E-state index is 15.7. The van der Waals surface area contributed by atoms with E-state index in [1.165, 1.54) is 82.8 Å². The van der Waals surface area contributed by atoms with Gasteiger partial charge in [-0.05, 0) is 289 Å². The number of nitrogens with two attached hydrogens (primary N) is 2. The summed E-state index contributed by atoms with van der Waals surface area (Å²) < 4.78 is 132. The van der Waals surface area contributed by atoms with Crippen molar-refractivity contribution in [1.29, 1.82) is 0 Å². The summed E-state index contributed by atoms with van der Waals surface area (Å²) in [4.78, 5) is 130. The number of nitrogens with zero attached hydrogens (tertiary/aromatic N) is 14. The Labute approximate surface area is 904 Å². The summed E-state index contributed by atoms with van der Waals surface area (Å²) in [5.41, 5.74) is 14.3. The first kappa shape index (κ1) is 117. The Morgan fingerprint density at radius 1 is 0.460 bits per heavy atom. The highest BCUT2D eigenvalue weighted by Gasteiger charge is 2.32. The number of aliphatic hydroxyl groups is 1. The van der Waals surface area contributed by atoms with Gasteiger partial charge in [0.05, 0.1) is 65.0 Å². The van der Waals surface area contributed by atoms with E-state index in [9.17, 15) is 60.6 Å². The number of primary amides is 1. The summed E-state index contributed by atoms with van der Waals surface area (Å²) in [7, 11) is 5.93. The van der Waals surface area contributed by atoms with Gasteiger partial charge in [-0.1, -0.05) is 36.4 Å². The van der Waals surface area contributed by atoms with Crippen molar-refractivity contribution in [1.82, 2.24) is 68.9 Å². The van der Waals surface area contributed by atoms with Crippen LogP contribution in [-0.4, -0.2) is 168 Å². The molecule has 0 saturated carbocycles. The molecule has 0 aliphatic heterocycles. The third-order valence-electron chi connectivity index (χ3n) is 20.1. The standard InChI is InChI=1S/C31H34BrFN4O6.C20H16BrF2N5O.C19H21FN2O4.C13H10BrFN4.C12H12BrIN2O2.C7H6FNO2.C2H5NO/c1-30(2,3)42-28(39)36(16-18-8-10-20(41-7)11-9-18)24-13-12-21(26(33)35-24)25(38)23-17-37(29(40)43-31(4,5)6)27-22(23)14-19(32)15-34-27;1-29-20-13(5-15(22)10-27-20)8-24-17-3-2-11(18(23)28-17)4-12-7-25-19-16(12)6-14(21)9-26-19;1-19(2,3)26-18(24)22(11-13-5-8-15(25-4)9-6-13)16-10-7-14(12-23)17(20)21-16;14-9-4-10-8(5-17-13(10)18-6-9)3-7-1-2-11(16)19-12(7)15;1-12(2,3)18-11(17)16-6-9(14)8-4-7(13)5-15-10(8)16;1-11-7-5(4-10)2-6(8)3-9-7;1-2(3)4/h8-15,17,25,38H,16H2,1-7H3;2-3,5-7,9-10H,4,8H2,1H3,(H,24,28)(H,25,26);5-10,12H,11H2,1-4H3;1-2,4-6H,3H2,(H2,16,19)(H,17,18);4-6H,1-3H3;2-4H,1H3;1H3,(H2,3,4). The lowest BCUT2D eigenvalue weighted by Crippen LogP contribution is -2.37. The number of carbonyl (C=O) groups is 7. The zero-order chi connectivity index (χ0) is 110. The number of amides is 3. The van der Waals surface area contributed by atoms with Crippen LogP contribution in [0.25, 0.3) is 44.1 Å². The van der Waals surface area contributed by atoms with Gasteiger partial charge >= 0.3 is 24.4 Å². The fourth-order valence-electron chi connectivity index (χ4n) is 13.6. The molecule has 16 rings (SSSR count). The number of hydrogen-bond donors (Lipinski definition) is 6. The van der Waals surface area contributed by atoms with Crippen molar-refractivity contribution < 1.29 is 103 Å². The number of rotatable bonds is 21. The molecular weight excluding hydrogens is 2330 g/mol. The molecule has 0 fully saturated rings. The predicted octanol–water partition coefficient (Wildman–Crippen LogP) is 23.5. The van der Waals surface area contributed by atoms with Crippen molar-refractivity contribution in [2.75, 3.05) is 49.3 Å². The second-order valence-corrected chi connectivity index (χ2v) is 41.2. The minimum Gasteiger partial charge on any atom is -0.497 e. The van der Waals surface area contributed by atoms with E-state index in [4.69, 9.17) is 38.9 Å². The van der Waals surface area contributed by atoms with E-state index in [0.29, 0.717) is 80.8 Å². The minimum atomic E-state index is -1.53. The van der Waals surface area contributed by atoms with E-state index in [2.05, 4.69) is 162 Å². The van der Waals surface area contributed by atoms with Crippen LogP contribution >= 0.6 is 86.3 Å².